The van der Waals surface area contributed by atoms with Crippen molar-refractivity contribution < 1.29 is 14.3 Å². The summed E-state index contributed by atoms with van der Waals surface area (Å²) in [5, 5.41) is 17.0. The van der Waals surface area contributed by atoms with Gasteiger partial charge in [0, 0.05) is 5.75 Å². The molecule has 0 radical (unpaired) electrons. The van der Waals surface area contributed by atoms with Gasteiger partial charge >= 0.3 is 5.97 Å². The summed E-state index contributed by atoms with van der Waals surface area (Å²) in [7, 11) is 0. The van der Waals surface area contributed by atoms with Gasteiger partial charge in [-0.15, -0.1) is 11.8 Å². The molecule has 0 aliphatic heterocycles. The summed E-state index contributed by atoms with van der Waals surface area (Å²) in [5.41, 5.74) is 0.749. The molecule has 0 aliphatic carbocycles. The molecule has 1 N–H and O–H groups in total. The van der Waals surface area contributed by atoms with Crippen LogP contribution in [0, 0.1) is 17.1 Å². The minimum absolute atomic E-state index is 0.256. The Hall–Kier alpha value is -1.54. The Morgan fingerprint density at radius 2 is 2.35 bits per heavy atom. The number of benzene rings is 1. The number of halogens is 1. The van der Waals surface area contributed by atoms with Crippen LogP contribution in [-0.4, -0.2) is 16.3 Å². The second-order valence-corrected chi connectivity index (χ2v) is 4.66. The summed E-state index contributed by atoms with van der Waals surface area (Å²) >= 11 is 1.17. The number of nitriles is 1. The van der Waals surface area contributed by atoms with E-state index in [9.17, 15) is 9.18 Å². The van der Waals surface area contributed by atoms with Crippen LogP contribution in [0.15, 0.2) is 18.2 Å². The highest BCUT2D eigenvalue weighted by molar-refractivity contribution is 7.99. The van der Waals surface area contributed by atoms with Gasteiger partial charge in [-0.05, 0) is 30.2 Å². The standard InChI is InChI=1S/C12H12FNO2S/c1-2-11(12(15)16)17-7-9-5-8(6-14)3-4-10(9)13/h3-5,11H,2,7H2,1H3,(H,15,16). The minimum Gasteiger partial charge on any atom is -0.480 e. The van der Waals surface area contributed by atoms with Gasteiger partial charge in [0.2, 0.25) is 0 Å². The molecule has 0 bridgehead atoms. The van der Waals surface area contributed by atoms with Crippen molar-refractivity contribution in [1.82, 2.24) is 0 Å². The molecule has 0 amide bonds. The zero-order valence-electron chi connectivity index (χ0n) is 9.31. The van der Waals surface area contributed by atoms with E-state index >= 15 is 0 Å². The molecule has 17 heavy (non-hydrogen) atoms. The number of rotatable bonds is 5. The fraction of sp³-hybridized carbons (Fsp3) is 0.333. The number of hydrogen-bond donors (Lipinski definition) is 1. The van der Waals surface area contributed by atoms with Crippen molar-refractivity contribution in [3.63, 3.8) is 0 Å². The lowest BCUT2D eigenvalue weighted by molar-refractivity contribution is -0.136. The molecule has 1 unspecified atom stereocenters. The first-order valence-corrected chi connectivity index (χ1v) is 6.16. The normalized spacial score (nSPS) is 11.8. The zero-order valence-corrected chi connectivity index (χ0v) is 10.1. The number of carboxylic acid groups (broad SMARTS) is 1. The molecular formula is C12H12FNO2S. The van der Waals surface area contributed by atoms with Crippen LogP contribution in [0.5, 0.6) is 0 Å². The molecule has 1 aromatic carbocycles. The van der Waals surface area contributed by atoms with Gasteiger partial charge < -0.3 is 5.11 Å². The SMILES string of the molecule is CCC(SCc1cc(C#N)ccc1F)C(=O)O. The lowest BCUT2D eigenvalue weighted by Crippen LogP contribution is -2.15. The first-order chi connectivity index (χ1) is 8.08. The smallest absolute Gasteiger partial charge is 0.316 e. The summed E-state index contributed by atoms with van der Waals surface area (Å²) in [6.07, 6.45) is 0.486. The molecule has 0 spiro atoms. The highest BCUT2D eigenvalue weighted by Gasteiger charge is 2.16. The summed E-state index contributed by atoms with van der Waals surface area (Å²) in [4.78, 5) is 10.8. The molecule has 1 atom stereocenters. The average Bonchev–Trinajstić information content (AvgIpc) is 2.31. The highest BCUT2D eigenvalue weighted by Crippen LogP contribution is 2.22. The van der Waals surface area contributed by atoms with E-state index in [1.165, 1.54) is 30.0 Å². The van der Waals surface area contributed by atoms with Crippen LogP contribution < -0.4 is 0 Å². The van der Waals surface area contributed by atoms with E-state index in [2.05, 4.69) is 0 Å². The lowest BCUT2D eigenvalue weighted by atomic mass is 10.1. The Bertz CT molecular complexity index is 456. The van der Waals surface area contributed by atoms with Crippen LogP contribution in [0.1, 0.15) is 24.5 Å². The maximum absolute atomic E-state index is 13.4. The van der Waals surface area contributed by atoms with Crippen LogP contribution in [0.4, 0.5) is 4.39 Å². The van der Waals surface area contributed by atoms with Gasteiger partial charge in [0.15, 0.2) is 0 Å². The van der Waals surface area contributed by atoms with Crippen molar-refractivity contribution >= 4 is 17.7 Å². The third-order valence-electron chi connectivity index (χ3n) is 2.26. The maximum Gasteiger partial charge on any atom is 0.316 e. The predicted octanol–water partition coefficient (Wildman–Crippen LogP) is 2.79. The lowest BCUT2D eigenvalue weighted by Gasteiger charge is -2.09. The highest BCUT2D eigenvalue weighted by atomic mass is 32.2. The van der Waals surface area contributed by atoms with Crippen molar-refractivity contribution in [3.8, 4) is 6.07 Å². The van der Waals surface area contributed by atoms with Crippen molar-refractivity contribution in [2.45, 2.75) is 24.3 Å². The molecule has 0 heterocycles. The summed E-state index contributed by atoms with van der Waals surface area (Å²) in [5.74, 6) is -1.04. The molecule has 0 saturated carbocycles. The topological polar surface area (TPSA) is 61.1 Å². The number of thioether (sulfide) groups is 1. The molecule has 0 aliphatic rings. The zero-order chi connectivity index (χ0) is 12.8. The summed E-state index contributed by atoms with van der Waals surface area (Å²) in [6, 6.07) is 6.02. The maximum atomic E-state index is 13.4. The van der Waals surface area contributed by atoms with Gasteiger partial charge in [-0.3, -0.25) is 4.79 Å². The molecular weight excluding hydrogens is 241 g/mol. The molecule has 0 fully saturated rings. The van der Waals surface area contributed by atoms with Crippen molar-refractivity contribution in [3.05, 3.63) is 35.1 Å². The van der Waals surface area contributed by atoms with E-state index in [0.29, 0.717) is 17.5 Å². The fourth-order valence-corrected chi connectivity index (χ4v) is 2.29. The number of hydrogen-bond acceptors (Lipinski definition) is 3. The van der Waals surface area contributed by atoms with Gasteiger partial charge in [-0.1, -0.05) is 6.92 Å². The monoisotopic (exact) mass is 253 g/mol. The predicted molar refractivity (Wildman–Crippen MR) is 64.1 cm³/mol. The Morgan fingerprint density at radius 1 is 1.65 bits per heavy atom. The van der Waals surface area contributed by atoms with E-state index in [-0.39, 0.29) is 5.75 Å². The van der Waals surface area contributed by atoms with E-state index in [1.54, 1.807) is 6.92 Å². The van der Waals surface area contributed by atoms with Gasteiger partial charge in [0.25, 0.3) is 0 Å². The van der Waals surface area contributed by atoms with Crippen molar-refractivity contribution in [2.75, 3.05) is 0 Å². The van der Waals surface area contributed by atoms with Gasteiger partial charge in [-0.25, -0.2) is 4.39 Å². The van der Waals surface area contributed by atoms with Crippen molar-refractivity contribution in [1.29, 1.82) is 5.26 Å². The van der Waals surface area contributed by atoms with Crippen LogP contribution in [0.25, 0.3) is 0 Å². The second kappa shape index (κ2) is 6.26. The quantitative estimate of drug-likeness (QED) is 0.876. The Labute approximate surface area is 103 Å². The summed E-state index contributed by atoms with van der Waals surface area (Å²) in [6.45, 7) is 1.77. The Kier molecular flexibility index (Phi) is 4.98. The molecule has 1 rings (SSSR count). The first-order valence-electron chi connectivity index (χ1n) is 5.11. The number of aliphatic carboxylic acids is 1. The van der Waals surface area contributed by atoms with E-state index < -0.39 is 17.0 Å². The van der Waals surface area contributed by atoms with Crippen molar-refractivity contribution in [2.24, 2.45) is 0 Å². The molecule has 3 nitrogen and oxygen atoms in total. The number of nitrogens with zero attached hydrogens (tertiary/aromatic N) is 1. The fourth-order valence-electron chi connectivity index (χ4n) is 1.31. The molecule has 1 aromatic rings. The second-order valence-electron chi connectivity index (χ2n) is 3.46. The Morgan fingerprint density at radius 3 is 2.88 bits per heavy atom. The van der Waals surface area contributed by atoms with Gasteiger partial charge in [-0.2, -0.15) is 5.26 Å². The molecule has 0 aromatic heterocycles. The molecule has 0 saturated heterocycles. The largest absolute Gasteiger partial charge is 0.480 e. The summed E-state index contributed by atoms with van der Waals surface area (Å²) < 4.78 is 13.4. The van der Waals surface area contributed by atoms with E-state index in [1.807, 2.05) is 6.07 Å². The number of carbonyl (C=O) groups is 1. The van der Waals surface area contributed by atoms with E-state index in [0.717, 1.165) is 0 Å². The Balaban J connectivity index is 2.75. The molecule has 5 heteroatoms. The number of carboxylic acids is 1. The van der Waals surface area contributed by atoms with Crippen LogP contribution in [0.3, 0.4) is 0 Å². The average molecular weight is 253 g/mol. The minimum atomic E-state index is -0.894. The molecule has 90 valence electrons. The third kappa shape index (κ3) is 3.75. The van der Waals surface area contributed by atoms with Gasteiger partial charge in [0.05, 0.1) is 11.6 Å². The van der Waals surface area contributed by atoms with E-state index in [4.69, 9.17) is 10.4 Å². The van der Waals surface area contributed by atoms with Crippen LogP contribution >= 0.6 is 11.8 Å². The van der Waals surface area contributed by atoms with Crippen LogP contribution in [-0.2, 0) is 10.5 Å². The third-order valence-corrected chi connectivity index (χ3v) is 3.68. The van der Waals surface area contributed by atoms with Crippen LogP contribution in [0.2, 0.25) is 0 Å². The van der Waals surface area contributed by atoms with Gasteiger partial charge in [0.1, 0.15) is 11.1 Å². The first kappa shape index (κ1) is 13.5.